The zero-order valence-corrected chi connectivity index (χ0v) is 10.9. The summed E-state index contributed by atoms with van der Waals surface area (Å²) in [5.41, 5.74) is 6.63. The highest BCUT2D eigenvalue weighted by Crippen LogP contribution is 2.26. The van der Waals surface area contributed by atoms with Crippen molar-refractivity contribution in [1.29, 1.82) is 0 Å². The first-order chi connectivity index (χ1) is 7.48. The molecule has 1 aromatic carbocycles. The third-order valence-corrected chi connectivity index (χ3v) is 2.98. The lowest BCUT2D eigenvalue weighted by molar-refractivity contribution is -0.0713. The molecule has 16 heavy (non-hydrogen) atoms. The summed E-state index contributed by atoms with van der Waals surface area (Å²) in [4.78, 5) is 0. The maximum atomic E-state index is 5.99. The number of ether oxygens (including phenoxy) is 1. The van der Waals surface area contributed by atoms with Crippen LogP contribution in [0.1, 0.15) is 38.9 Å². The van der Waals surface area contributed by atoms with E-state index in [0.717, 1.165) is 12.0 Å². The first-order valence-electron chi connectivity index (χ1n) is 5.62. The van der Waals surface area contributed by atoms with E-state index in [1.807, 2.05) is 24.3 Å². The van der Waals surface area contributed by atoms with Crippen molar-refractivity contribution < 1.29 is 4.74 Å². The highest BCUT2D eigenvalue weighted by atomic mass is 35.5. The molecule has 1 rings (SSSR count). The van der Waals surface area contributed by atoms with Gasteiger partial charge in [-0.05, 0) is 38.0 Å². The highest BCUT2D eigenvalue weighted by Gasteiger charge is 2.22. The lowest BCUT2D eigenvalue weighted by atomic mass is 10.0. The van der Waals surface area contributed by atoms with Gasteiger partial charge in [-0.3, -0.25) is 0 Å². The minimum Gasteiger partial charge on any atom is -0.366 e. The molecule has 0 bridgehead atoms. The molecule has 0 aliphatic heterocycles. The Morgan fingerprint density at radius 3 is 2.62 bits per heavy atom. The number of halogens is 1. The topological polar surface area (TPSA) is 35.2 Å². The van der Waals surface area contributed by atoms with Gasteiger partial charge in [0, 0.05) is 11.6 Å². The van der Waals surface area contributed by atoms with Crippen LogP contribution < -0.4 is 5.73 Å². The van der Waals surface area contributed by atoms with Gasteiger partial charge in [0.15, 0.2) is 0 Å². The molecule has 90 valence electrons. The molecule has 1 aromatic rings. The van der Waals surface area contributed by atoms with E-state index >= 15 is 0 Å². The molecule has 0 fully saturated rings. The predicted octanol–water partition coefficient (Wildman–Crippen LogP) is 3.55. The maximum absolute atomic E-state index is 5.99. The van der Waals surface area contributed by atoms with Crippen LogP contribution in [0, 0.1) is 0 Å². The van der Waals surface area contributed by atoms with E-state index in [1.54, 1.807) is 0 Å². The van der Waals surface area contributed by atoms with E-state index in [2.05, 4.69) is 20.8 Å². The Balaban J connectivity index is 2.82. The smallest absolute Gasteiger partial charge is 0.0954 e. The lowest BCUT2D eigenvalue weighted by Gasteiger charge is -2.29. The van der Waals surface area contributed by atoms with Crippen molar-refractivity contribution in [2.24, 2.45) is 5.73 Å². The number of hydrogen-bond donors (Lipinski definition) is 1. The first kappa shape index (κ1) is 13.5. The Morgan fingerprint density at radius 2 is 2.12 bits per heavy atom. The Kier molecular flexibility index (Phi) is 4.78. The molecule has 0 heterocycles. The minimum atomic E-state index is -0.160. The summed E-state index contributed by atoms with van der Waals surface area (Å²) in [6.45, 7) is 6.70. The fourth-order valence-electron chi connectivity index (χ4n) is 1.43. The van der Waals surface area contributed by atoms with Gasteiger partial charge in [0.05, 0.1) is 11.7 Å². The second-order valence-electron chi connectivity index (χ2n) is 4.51. The normalized spacial score (nSPS) is 13.8. The van der Waals surface area contributed by atoms with E-state index in [9.17, 15) is 0 Å². The van der Waals surface area contributed by atoms with Crippen molar-refractivity contribution in [3.05, 3.63) is 34.9 Å². The van der Waals surface area contributed by atoms with Crippen molar-refractivity contribution >= 4 is 11.6 Å². The molecule has 2 nitrogen and oxygen atoms in total. The van der Waals surface area contributed by atoms with Crippen LogP contribution in [0.2, 0.25) is 5.02 Å². The molecule has 0 radical (unpaired) electrons. The molecule has 0 aromatic heterocycles. The van der Waals surface area contributed by atoms with E-state index in [-0.39, 0.29) is 11.7 Å². The average molecular weight is 242 g/mol. The Labute approximate surface area is 103 Å². The molecule has 1 unspecified atom stereocenters. The van der Waals surface area contributed by atoms with Gasteiger partial charge in [0.2, 0.25) is 0 Å². The summed E-state index contributed by atoms with van der Waals surface area (Å²) in [7, 11) is 0. The summed E-state index contributed by atoms with van der Waals surface area (Å²) >= 11 is 5.95. The molecule has 3 heteroatoms. The van der Waals surface area contributed by atoms with E-state index < -0.39 is 0 Å². The van der Waals surface area contributed by atoms with E-state index in [4.69, 9.17) is 22.1 Å². The van der Waals surface area contributed by atoms with Gasteiger partial charge >= 0.3 is 0 Å². The molecular formula is C13H20ClNO. The van der Waals surface area contributed by atoms with Crippen molar-refractivity contribution in [3.63, 3.8) is 0 Å². The van der Waals surface area contributed by atoms with Crippen LogP contribution in [0.3, 0.4) is 0 Å². The van der Waals surface area contributed by atoms with Crippen LogP contribution in [-0.2, 0) is 4.74 Å². The molecule has 0 spiro atoms. The van der Waals surface area contributed by atoms with E-state index in [1.165, 1.54) is 0 Å². The number of nitrogens with two attached hydrogens (primary N) is 1. The second kappa shape index (κ2) is 5.67. The zero-order valence-electron chi connectivity index (χ0n) is 10.2. The second-order valence-corrected chi connectivity index (χ2v) is 4.95. The van der Waals surface area contributed by atoms with Crippen LogP contribution in [0.4, 0.5) is 0 Å². The Hall–Kier alpha value is -0.570. The third-order valence-electron chi connectivity index (χ3n) is 2.75. The highest BCUT2D eigenvalue weighted by molar-refractivity contribution is 6.30. The fraction of sp³-hybridized carbons (Fsp3) is 0.538. The third kappa shape index (κ3) is 3.78. The van der Waals surface area contributed by atoms with Gasteiger partial charge < -0.3 is 10.5 Å². The van der Waals surface area contributed by atoms with Crippen LogP contribution in [-0.4, -0.2) is 12.1 Å². The standard InChI is InChI=1S/C13H20ClNO/c1-4-13(2,3)16-12(9-15)10-6-5-7-11(14)8-10/h5-8,12H,4,9,15H2,1-3H3. The Morgan fingerprint density at radius 1 is 1.44 bits per heavy atom. The van der Waals surface area contributed by atoms with Gasteiger partial charge in [0.1, 0.15) is 0 Å². The van der Waals surface area contributed by atoms with Crippen LogP contribution >= 0.6 is 11.6 Å². The molecule has 0 aliphatic rings. The number of benzene rings is 1. The minimum absolute atomic E-state index is 0.0892. The van der Waals surface area contributed by atoms with Crippen molar-refractivity contribution in [2.45, 2.75) is 38.9 Å². The Bertz CT molecular complexity index is 338. The van der Waals surface area contributed by atoms with Crippen LogP contribution in [0.25, 0.3) is 0 Å². The van der Waals surface area contributed by atoms with Crippen LogP contribution in [0.5, 0.6) is 0 Å². The molecule has 0 aliphatic carbocycles. The van der Waals surface area contributed by atoms with Gasteiger partial charge in [-0.2, -0.15) is 0 Å². The molecule has 1 atom stereocenters. The molecular weight excluding hydrogens is 222 g/mol. The van der Waals surface area contributed by atoms with Crippen molar-refractivity contribution in [2.75, 3.05) is 6.54 Å². The summed E-state index contributed by atoms with van der Waals surface area (Å²) in [5, 5.41) is 0.717. The summed E-state index contributed by atoms with van der Waals surface area (Å²) in [5.74, 6) is 0. The summed E-state index contributed by atoms with van der Waals surface area (Å²) < 4.78 is 5.99. The summed E-state index contributed by atoms with van der Waals surface area (Å²) in [6.07, 6.45) is 0.859. The van der Waals surface area contributed by atoms with Gasteiger partial charge in [-0.15, -0.1) is 0 Å². The zero-order chi connectivity index (χ0) is 12.2. The molecule has 0 amide bonds. The SMILES string of the molecule is CCC(C)(C)OC(CN)c1cccc(Cl)c1. The molecule has 0 saturated heterocycles. The predicted molar refractivity (Wildman–Crippen MR) is 68.7 cm³/mol. The quantitative estimate of drug-likeness (QED) is 0.856. The summed E-state index contributed by atoms with van der Waals surface area (Å²) in [6, 6.07) is 7.67. The van der Waals surface area contributed by atoms with E-state index in [0.29, 0.717) is 11.6 Å². The number of rotatable bonds is 5. The van der Waals surface area contributed by atoms with Gasteiger partial charge in [-0.25, -0.2) is 0 Å². The monoisotopic (exact) mass is 241 g/mol. The maximum Gasteiger partial charge on any atom is 0.0954 e. The van der Waals surface area contributed by atoms with Crippen molar-refractivity contribution in [1.82, 2.24) is 0 Å². The van der Waals surface area contributed by atoms with Crippen molar-refractivity contribution in [3.8, 4) is 0 Å². The van der Waals surface area contributed by atoms with Crippen LogP contribution in [0.15, 0.2) is 24.3 Å². The fourth-order valence-corrected chi connectivity index (χ4v) is 1.63. The largest absolute Gasteiger partial charge is 0.366 e. The molecule has 2 N–H and O–H groups in total. The van der Waals surface area contributed by atoms with Gasteiger partial charge in [0.25, 0.3) is 0 Å². The number of hydrogen-bond acceptors (Lipinski definition) is 2. The molecule has 0 saturated carbocycles. The first-order valence-corrected chi connectivity index (χ1v) is 5.99. The average Bonchev–Trinajstić information content (AvgIpc) is 2.26. The van der Waals surface area contributed by atoms with Gasteiger partial charge in [-0.1, -0.05) is 30.7 Å². The lowest BCUT2D eigenvalue weighted by Crippen LogP contribution is -2.29.